The van der Waals surface area contributed by atoms with Crippen LogP contribution in [0.15, 0.2) is 35.3 Å². The second kappa shape index (κ2) is 5.77. The summed E-state index contributed by atoms with van der Waals surface area (Å²) in [6, 6.07) is 6.25. The number of carbonyl (C=O) groups is 1. The van der Waals surface area contributed by atoms with E-state index >= 15 is 0 Å². The predicted octanol–water partition coefficient (Wildman–Crippen LogP) is 3.07. The Kier molecular flexibility index (Phi) is 3.79. The summed E-state index contributed by atoms with van der Waals surface area (Å²) in [4.78, 5) is 27.9. The largest absolute Gasteiger partial charge is 0.477 e. The molecule has 0 saturated carbocycles. The van der Waals surface area contributed by atoms with Crippen LogP contribution in [0, 0.1) is 12.7 Å². The molecule has 5 nitrogen and oxygen atoms in total. The lowest BCUT2D eigenvalue weighted by atomic mass is 10.1. The molecule has 23 heavy (non-hydrogen) atoms. The van der Waals surface area contributed by atoms with E-state index in [1.165, 1.54) is 22.7 Å². The zero-order valence-electron chi connectivity index (χ0n) is 12.0. The summed E-state index contributed by atoms with van der Waals surface area (Å²) < 4.78 is 14.8. The van der Waals surface area contributed by atoms with Crippen molar-refractivity contribution in [3.05, 3.63) is 68.3 Å². The third-order valence-corrected chi connectivity index (χ3v) is 4.30. The number of hydrogen-bond acceptors (Lipinski definition) is 4. The Balaban J connectivity index is 2.11. The average molecular weight is 330 g/mol. The SMILES string of the molecule is Cc1c(/C=C/c2ccccc2F)nc2sc(C(=O)O)cn2c1=O. The topological polar surface area (TPSA) is 71.7 Å². The third kappa shape index (κ3) is 2.78. The minimum absolute atomic E-state index is 0.0317. The molecule has 0 aliphatic carbocycles. The summed E-state index contributed by atoms with van der Waals surface area (Å²) in [6.07, 6.45) is 4.34. The number of carboxylic acids is 1. The lowest BCUT2D eigenvalue weighted by Gasteiger charge is -2.01. The predicted molar refractivity (Wildman–Crippen MR) is 86.4 cm³/mol. The molecule has 3 rings (SSSR count). The molecule has 2 aromatic heterocycles. The monoisotopic (exact) mass is 330 g/mol. The summed E-state index contributed by atoms with van der Waals surface area (Å²) in [5.74, 6) is -1.48. The van der Waals surface area contributed by atoms with Crippen molar-refractivity contribution >= 4 is 34.4 Å². The van der Waals surface area contributed by atoms with Gasteiger partial charge in [0.15, 0.2) is 4.96 Å². The molecule has 0 saturated heterocycles. The van der Waals surface area contributed by atoms with Gasteiger partial charge in [-0.3, -0.25) is 9.20 Å². The second-order valence-corrected chi connectivity index (χ2v) is 5.84. The van der Waals surface area contributed by atoms with E-state index in [-0.39, 0.29) is 21.2 Å². The number of rotatable bonds is 3. The minimum atomic E-state index is -1.11. The van der Waals surface area contributed by atoms with Crippen LogP contribution < -0.4 is 5.56 Å². The van der Waals surface area contributed by atoms with Crippen LogP contribution in [0.4, 0.5) is 4.39 Å². The summed E-state index contributed by atoms with van der Waals surface area (Å²) in [5.41, 5.74) is 0.792. The first kappa shape index (κ1) is 15.1. The molecule has 0 unspecified atom stereocenters. The molecule has 116 valence electrons. The Bertz CT molecular complexity index is 1000. The maximum absolute atomic E-state index is 13.6. The molecule has 0 bridgehead atoms. The molecule has 0 amide bonds. The van der Waals surface area contributed by atoms with Gasteiger partial charge in [-0.1, -0.05) is 29.5 Å². The van der Waals surface area contributed by atoms with E-state index in [0.29, 0.717) is 16.8 Å². The number of carboxylic acid groups (broad SMARTS) is 1. The average Bonchev–Trinajstić information content (AvgIpc) is 2.95. The van der Waals surface area contributed by atoms with Crippen molar-refractivity contribution in [2.45, 2.75) is 6.92 Å². The van der Waals surface area contributed by atoms with Gasteiger partial charge in [-0.05, 0) is 25.1 Å². The fraction of sp³-hybridized carbons (Fsp3) is 0.0625. The van der Waals surface area contributed by atoms with Crippen molar-refractivity contribution < 1.29 is 14.3 Å². The van der Waals surface area contributed by atoms with Gasteiger partial charge in [-0.2, -0.15) is 0 Å². The van der Waals surface area contributed by atoms with E-state index < -0.39 is 5.97 Å². The first-order valence-electron chi connectivity index (χ1n) is 6.66. The number of benzene rings is 1. The van der Waals surface area contributed by atoms with Crippen molar-refractivity contribution in [2.75, 3.05) is 0 Å². The van der Waals surface area contributed by atoms with Crippen molar-refractivity contribution in [1.82, 2.24) is 9.38 Å². The molecule has 0 fully saturated rings. The van der Waals surface area contributed by atoms with Crippen LogP contribution >= 0.6 is 11.3 Å². The summed E-state index contributed by atoms with van der Waals surface area (Å²) in [7, 11) is 0. The highest BCUT2D eigenvalue weighted by atomic mass is 32.1. The number of aromatic carboxylic acids is 1. The Morgan fingerprint density at radius 3 is 2.78 bits per heavy atom. The highest BCUT2D eigenvalue weighted by molar-refractivity contribution is 7.18. The molecule has 0 atom stereocenters. The van der Waals surface area contributed by atoms with Crippen LogP contribution in [-0.2, 0) is 0 Å². The molecule has 0 aliphatic heterocycles. The highest BCUT2D eigenvalue weighted by Crippen LogP contribution is 2.17. The van der Waals surface area contributed by atoms with Crippen molar-refractivity contribution in [1.29, 1.82) is 0 Å². The summed E-state index contributed by atoms with van der Waals surface area (Å²) >= 11 is 0.912. The first-order chi connectivity index (χ1) is 11.0. The molecular formula is C16H11FN2O3S. The fourth-order valence-corrected chi connectivity index (χ4v) is 2.91. The number of fused-ring (bicyclic) bond motifs is 1. The lowest BCUT2D eigenvalue weighted by molar-refractivity contribution is 0.0701. The van der Waals surface area contributed by atoms with Crippen LogP contribution in [0.5, 0.6) is 0 Å². The Labute approximate surface area is 134 Å². The Morgan fingerprint density at radius 2 is 2.09 bits per heavy atom. The molecule has 1 aromatic carbocycles. The molecule has 0 aliphatic rings. The van der Waals surface area contributed by atoms with Gasteiger partial charge < -0.3 is 5.11 Å². The highest BCUT2D eigenvalue weighted by Gasteiger charge is 2.13. The number of halogens is 1. The van der Waals surface area contributed by atoms with Crippen molar-refractivity contribution in [2.24, 2.45) is 0 Å². The standard InChI is InChI=1S/C16H11FN2O3S/c1-9-12(7-6-10-4-2-3-5-11(10)17)18-16-19(14(9)20)8-13(23-16)15(21)22/h2-8H,1H3,(H,21,22)/b7-6+. The first-order valence-corrected chi connectivity index (χ1v) is 7.47. The van der Waals surface area contributed by atoms with Crippen LogP contribution in [0.2, 0.25) is 0 Å². The van der Waals surface area contributed by atoms with Crippen molar-refractivity contribution in [3.8, 4) is 0 Å². The zero-order chi connectivity index (χ0) is 16.6. The molecule has 0 spiro atoms. The smallest absolute Gasteiger partial charge is 0.347 e. The van der Waals surface area contributed by atoms with Crippen molar-refractivity contribution in [3.63, 3.8) is 0 Å². The van der Waals surface area contributed by atoms with Crippen LogP contribution in [0.3, 0.4) is 0 Å². The van der Waals surface area contributed by atoms with Gasteiger partial charge in [0.2, 0.25) is 0 Å². The van der Waals surface area contributed by atoms with E-state index in [2.05, 4.69) is 4.98 Å². The van der Waals surface area contributed by atoms with Gasteiger partial charge in [0, 0.05) is 17.3 Å². The molecule has 0 radical (unpaired) electrons. The van der Waals surface area contributed by atoms with Gasteiger partial charge in [0.1, 0.15) is 10.7 Å². The number of hydrogen-bond donors (Lipinski definition) is 1. The summed E-state index contributed by atoms with van der Waals surface area (Å²) in [6.45, 7) is 1.60. The van der Waals surface area contributed by atoms with E-state index in [1.54, 1.807) is 31.2 Å². The van der Waals surface area contributed by atoms with Gasteiger partial charge in [0.05, 0.1) is 5.69 Å². The molecule has 1 N–H and O–H groups in total. The lowest BCUT2D eigenvalue weighted by Crippen LogP contribution is -2.17. The Morgan fingerprint density at radius 1 is 1.35 bits per heavy atom. The van der Waals surface area contributed by atoms with Gasteiger partial charge in [0.25, 0.3) is 5.56 Å². The second-order valence-electron chi connectivity index (χ2n) is 4.84. The van der Waals surface area contributed by atoms with Gasteiger partial charge >= 0.3 is 5.97 Å². The fourth-order valence-electron chi connectivity index (χ4n) is 2.09. The normalized spacial score (nSPS) is 11.4. The van der Waals surface area contributed by atoms with Gasteiger partial charge in [-0.25, -0.2) is 14.2 Å². The molecule has 3 aromatic rings. The number of aromatic nitrogens is 2. The van der Waals surface area contributed by atoms with E-state index in [1.807, 2.05) is 0 Å². The van der Waals surface area contributed by atoms with Crippen LogP contribution in [0.1, 0.15) is 26.5 Å². The molecule has 7 heteroatoms. The summed E-state index contributed by atoms with van der Waals surface area (Å²) in [5, 5.41) is 9.01. The maximum atomic E-state index is 13.6. The number of thiazole rings is 1. The number of nitrogens with zero attached hydrogens (tertiary/aromatic N) is 2. The minimum Gasteiger partial charge on any atom is -0.477 e. The van der Waals surface area contributed by atoms with E-state index in [0.717, 1.165) is 11.3 Å². The third-order valence-electron chi connectivity index (χ3n) is 3.33. The maximum Gasteiger partial charge on any atom is 0.347 e. The van der Waals surface area contributed by atoms with Crippen LogP contribution in [0.25, 0.3) is 17.1 Å². The molecular weight excluding hydrogens is 319 g/mol. The van der Waals surface area contributed by atoms with E-state index in [4.69, 9.17) is 5.11 Å². The van der Waals surface area contributed by atoms with Gasteiger partial charge in [-0.15, -0.1) is 0 Å². The molecule has 2 heterocycles. The van der Waals surface area contributed by atoms with E-state index in [9.17, 15) is 14.0 Å². The quantitative estimate of drug-likeness (QED) is 0.801. The van der Waals surface area contributed by atoms with Crippen LogP contribution in [-0.4, -0.2) is 20.5 Å². The zero-order valence-corrected chi connectivity index (χ0v) is 12.8. The Hall–Kier alpha value is -2.80.